The lowest BCUT2D eigenvalue weighted by atomic mass is 9.99. The van der Waals surface area contributed by atoms with E-state index in [4.69, 9.17) is 9.47 Å². The number of aromatic nitrogens is 1. The molecule has 1 aliphatic rings. The van der Waals surface area contributed by atoms with Gasteiger partial charge in [-0.05, 0) is 24.3 Å². The highest BCUT2D eigenvalue weighted by atomic mass is 16.7. The number of carboxylic acids is 1. The number of nitrogens with one attached hydrogen (secondary N) is 2. The highest BCUT2D eigenvalue weighted by Crippen LogP contribution is 2.34. The Bertz CT molecular complexity index is 1180. The summed E-state index contributed by atoms with van der Waals surface area (Å²) < 4.78 is 11.2. The maximum Gasteiger partial charge on any atom is 0.337 e. The highest BCUT2D eigenvalue weighted by Gasteiger charge is 2.45. The molecule has 2 unspecified atom stereocenters. The third-order valence-electron chi connectivity index (χ3n) is 5.37. The summed E-state index contributed by atoms with van der Waals surface area (Å²) in [7, 11) is 0. The number of amides is 1. The van der Waals surface area contributed by atoms with Crippen LogP contribution in [0, 0.1) is 0 Å². The molecule has 1 aromatic heterocycles. The Kier molecular flexibility index (Phi) is 6.31. The number of carbonyl (C=O) groups is 2. The number of anilines is 1. The first-order chi connectivity index (χ1) is 15.8. The molecule has 4 rings (SSSR count). The minimum Gasteiger partial charge on any atom is -0.478 e. The molecule has 7 N–H and O–H groups in total. The van der Waals surface area contributed by atoms with Crippen molar-refractivity contribution in [3.05, 3.63) is 59.8 Å². The smallest absolute Gasteiger partial charge is 0.337 e. The summed E-state index contributed by atoms with van der Waals surface area (Å²) in [5.74, 6) is -1.97. The van der Waals surface area contributed by atoms with Crippen LogP contribution in [0.1, 0.15) is 20.8 Å². The van der Waals surface area contributed by atoms with E-state index in [1.165, 1.54) is 18.2 Å². The molecule has 0 spiro atoms. The van der Waals surface area contributed by atoms with E-state index in [-0.39, 0.29) is 22.7 Å². The number of rotatable bonds is 6. The lowest BCUT2D eigenvalue weighted by Gasteiger charge is -2.39. The van der Waals surface area contributed by atoms with Crippen molar-refractivity contribution in [1.29, 1.82) is 0 Å². The highest BCUT2D eigenvalue weighted by molar-refractivity contribution is 6.11. The van der Waals surface area contributed by atoms with Gasteiger partial charge in [-0.3, -0.25) is 4.79 Å². The van der Waals surface area contributed by atoms with Gasteiger partial charge in [0.25, 0.3) is 5.91 Å². The molecular weight excluding hydrogens is 436 g/mol. The van der Waals surface area contributed by atoms with E-state index >= 15 is 0 Å². The van der Waals surface area contributed by atoms with E-state index in [1.807, 2.05) is 0 Å². The second-order valence-electron chi connectivity index (χ2n) is 7.49. The van der Waals surface area contributed by atoms with E-state index in [9.17, 15) is 35.1 Å². The van der Waals surface area contributed by atoms with E-state index in [0.29, 0.717) is 10.9 Å². The van der Waals surface area contributed by atoms with Crippen molar-refractivity contribution >= 4 is 28.5 Å². The Labute approximate surface area is 186 Å². The number of aliphatic hydroxyl groups is 4. The molecule has 33 heavy (non-hydrogen) atoms. The van der Waals surface area contributed by atoms with Gasteiger partial charge >= 0.3 is 5.97 Å². The molecule has 5 atom stereocenters. The molecule has 1 fully saturated rings. The maximum atomic E-state index is 13.1. The molecular formula is C22H22N2O9. The molecule has 1 aliphatic heterocycles. The van der Waals surface area contributed by atoms with E-state index < -0.39 is 49.2 Å². The number of hydrogen-bond donors (Lipinski definition) is 7. The van der Waals surface area contributed by atoms with Crippen LogP contribution in [0.3, 0.4) is 0 Å². The molecule has 2 aromatic carbocycles. The van der Waals surface area contributed by atoms with Crippen molar-refractivity contribution in [2.24, 2.45) is 0 Å². The summed E-state index contributed by atoms with van der Waals surface area (Å²) in [4.78, 5) is 27.5. The molecule has 1 amide bonds. The number of carbonyl (C=O) groups excluding carboxylic acids is 1. The topological polar surface area (TPSA) is 182 Å². The molecule has 1 saturated heterocycles. The van der Waals surface area contributed by atoms with Crippen LogP contribution >= 0.6 is 0 Å². The average molecular weight is 458 g/mol. The fraction of sp³-hybridized carbons (Fsp3) is 0.273. The molecule has 3 aromatic rings. The first kappa shape index (κ1) is 22.7. The summed E-state index contributed by atoms with van der Waals surface area (Å²) in [6, 6.07) is 12.6. The average Bonchev–Trinajstić information content (AvgIpc) is 3.18. The number of ether oxygens (including phenoxy) is 2. The zero-order chi connectivity index (χ0) is 23.7. The van der Waals surface area contributed by atoms with Crippen LogP contribution in [-0.2, 0) is 4.74 Å². The number of fused-ring (bicyclic) bond motifs is 1. The predicted molar refractivity (Wildman–Crippen MR) is 114 cm³/mol. The monoisotopic (exact) mass is 458 g/mol. The van der Waals surface area contributed by atoms with Crippen molar-refractivity contribution in [2.75, 3.05) is 11.9 Å². The van der Waals surface area contributed by atoms with Crippen molar-refractivity contribution < 1.29 is 44.6 Å². The number of H-pyrrole nitrogens is 1. The van der Waals surface area contributed by atoms with Crippen molar-refractivity contribution in [3.63, 3.8) is 0 Å². The largest absolute Gasteiger partial charge is 0.478 e. The van der Waals surface area contributed by atoms with Crippen molar-refractivity contribution in [3.8, 4) is 5.75 Å². The quantitative estimate of drug-likeness (QED) is 0.273. The van der Waals surface area contributed by atoms with Crippen LogP contribution in [0.15, 0.2) is 48.5 Å². The van der Waals surface area contributed by atoms with Crippen molar-refractivity contribution in [1.82, 2.24) is 4.98 Å². The van der Waals surface area contributed by atoms with Crippen LogP contribution in [-0.4, -0.2) is 79.7 Å². The molecule has 0 aliphatic carbocycles. The fourth-order valence-electron chi connectivity index (χ4n) is 3.64. The lowest BCUT2D eigenvalue weighted by Crippen LogP contribution is -2.60. The SMILES string of the molecule is O=C(O)c1ccccc1NC(=O)c1[nH]c2ccccc2c1O[C@@H]1OC(CO)[C@@H](O)C(O)[C@@H]1O. The number of aromatic carboxylic acids is 1. The van der Waals surface area contributed by atoms with Crippen LogP contribution in [0.4, 0.5) is 5.69 Å². The van der Waals surface area contributed by atoms with E-state index in [2.05, 4.69) is 10.3 Å². The molecule has 2 heterocycles. The summed E-state index contributed by atoms with van der Waals surface area (Å²) in [5.41, 5.74) is 0.368. The minimum atomic E-state index is -1.68. The zero-order valence-corrected chi connectivity index (χ0v) is 17.1. The van der Waals surface area contributed by atoms with Gasteiger partial charge < -0.3 is 45.3 Å². The van der Waals surface area contributed by atoms with Crippen LogP contribution in [0.5, 0.6) is 5.75 Å². The summed E-state index contributed by atoms with van der Waals surface area (Å²) in [6.45, 7) is -0.641. The Morgan fingerprint density at radius 1 is 1.00 bits per heavy atom. The number of para-hydroxylation sites is 2. The van der Waals surface area contributed by atoms with Gasteiger partial charge in [0.05, 0.1) is 17.9 Å². The van der Waals surface area contributed by atoms with Crippen molar-refractivity contribution in [2.45, 2.75) is 30.7 Å². The Morgan fingerprint density at radius 2 is 1.70 bits per heavy atom. The number of carboxylic acid groups (broad SMARTS) is 1. The normalized spacial score (nSPS) is 25.0. The van der Waals surface area contributed by atoms with E-state index in [0.717, 1.165) is 0 Å². The summed E-state index contributed by atoms with van der Waals surface area (Å²) in [6.07, 6.45) is -7.62. The first-order valence-corrected chi connectivity index (χ1v) is 10.0. The van der Waals surface area contributed by atoms with Gasteiger partial charge in [0.15, 0.2) is 5.75 Å². The van der Waals surface area contributed by atoms with E-state index in [1.54, 1.807) is 30.3 Å². The second kappa shape index (κ2) is 9.17. The minimum absolute atomic E-state index is 0.0276. The van der Waals surface area contributed by atoms with Gasteiger partial charge in [0.2, 0.25) is 6.29 Å². The van der Waals surface area contributed by atoms with Gasteiger partial charge in [0, 0.05) is 10.9 Å². The van der Waals surface area contributed by atoms with Gasteiger partial charge in [-0.15, -0.1) is 0 Å². The third kappa shape index (κ3) is 4.27. The molecule has 0 saturated carbocycles. The molecule has 11 nitrogen and oxygen atoms in total. The van der Waals surface area contributed by atoms with Gasteiger partial charge in [0.1, 0.15) is 30.1 Å². The number of hydrogen-bond acceptors (Lipinski definition) is 8. The van der Waals surface area contributed by atoms with Gasteiger partial charge in [-0.2, -0.15) is 0 Å². The number of benzene rings is 2. The zero-order valence-electron chi connectivity index (χ0n) is 17.1. The number of aromatic amines is 1. The van der Waals surface area contributed by atoms with Gasteiger partial charge in [-0.1, -0.05) is 24.3 Å². The molecule has 0 bridgehead atoms. The molecule has 174 valence electrons. The number of aliphatic hydroxyl groups excluding tert-OH is 4. The summed E-state index contributed by atoms with van der Waals surface area (Å²) in [5, 5.41) is 52.1. The standard InChI is InChI=1S/C22H22N2O9/c25-9-14-16(26)17(27)18(28)22(32-14)33-19-10-5-1-3-7-12(10)23-15(19)20(29)24-13-8-4-2-6-11(13)21(30)31/h1-8,14,16-18,22-23,25-28H,9H2,(H,24,29)(H,30,31)/t14?,16-,17?,18+,22+/m1/s1. The predicted octanol–water partition coefficient (Wildman–Crippen LogP) is 0.297. The van der Waals surface area contributed by atoms with Crippen LogP contribution < -0.4 is 10.1 Å². The van der Waals surface area contributed by atoms with Crippen LogP contribution in [0.2, 0.25) is 0 Å². The molecule has 0 radical (unpaired) electrons. The third-order valence-corrected chi connectivity index (χ3v) is 5.37. The second-order valence-corrected chi connectivity index (χ2v) is 7.49. The Hall–Kier alpha value is -3.48. The maximum absolute atomic E-state index is 13.1. The van der Waals surface area contributed by atoms with Gasteiger partial charge in [-0.25, -0.2) is 4.79 Å². The first-order valence-electron chi connectivity index (χ1n) is 10.0. The fourth-order valence-corrected chi connectivity index (χ4v) is 3.64. The summed E-state index contributed by atoms with van der Waals surface area (Å²) >= 11 is 0. The Balaban J connectivity index is 1.69. The van der Waals surface area contributed by atoms with Crippen LogP contribution in [0.25, 0.3) is 10.9 Å². The molecule has 11 heteroatoms. The Morgan fingerprint density at radius 3 is 2.42 bits per heavy atom. The lowest BCUT2D eigenvalue weighted by molar-refractivity contribution is -0.277.